The van der Waals surface area contributed by atoms with Crippen molar-refractivity contribution in [3.05, 3.63) is 34.1 Å². The van der Waals surface area contributed by atoms with Gasteiger partial charge in [0, 0.05) is 11.1 Å². The third-order valence-corrected chi connectivity index (χ3v) is 3.03. The van der Waals surface area contributed by atoms with Crippen LogP contribution < -0.4 is 11.1 Å². The number of hydrogen-bond donors (Lipinski definition) is 2. The molecule has 1 aromatic carbocycles. The molecule has 1 rings (SSSR count). The van der Waals surface area contributed by atoms with Crippen LogP contribution in [0.15, 0.2) is 12.1 Å². The summed E-state index contributed by atoms with van der Waals surface area (Å²) in [4.78, 5) is 0. The van der Waals surface area contributed by atoms with Crippen molar-refractivity contribution in [2.75, 3.05) is 13.6 Å². The van der Waals surface area contributed by atoms with Crippen LogP contribution in [0, 0.1) is 12.7 Å². The molecule has 1 atom stereocenters. The molecule has 0 aliphatic heterocycles. The summed E-state index contributed by atoms with van der Waals surface area (Å²) in [6, 6.07) is 3.24. The Labute approximate surface area is 101 Å². The molecule has 1 unspecified atom stereocenters. The Kier molecular flexibility index (Phi) is 5.19. The molecule has 0 amide bonds. The largest absolute Gasteiger partial charge is 0.330 e. The highest BCUT2D eigenvalue weighted by Gasteiger charge is 2.14. The lowest BCUT2D eigenvalue weighted by Crippen LogP contribution is -2.18. The molecular weight excluding hydrogens is 227 g/mol. The molecule has 0 aliphatic carbocycles. The molecule has 2 nitrogen and oxygen atoms in total. The van der Waals surface area contributed by atoms with E-state index < -0.39 is 0 Å². The van der Waals surface area contributed by atoms with E-state index in [1.54, 1.807) is 13.0 Å². The maximum atomic E-state index is 13.5. The van der Waals surface area contributed by atoms with Crippen LogP contribution in [-0.4, -0.2) is 13.6 Å². The fourth-order valence-electron chi connectivity index (χ4n) is 1.71. The lowest BCUT2D eigenvalue weighted by Gasteiger charge is -2.18. The maximum Gasteiger partial charge on any atom is 0.126 e. The monoisotopic (exact) mass is 244 g/mol. The zero-order chi connectivity index (χ0) is 12.1. The van der Waals surface area contributed by atoms with Crippen molar-refractivity contribution < 1.29 is 4.39 Å². The summed E-state index contributed by atoms with van der Waals surface area (Å²) in [6.07, 6.45) is 1.74. The van der Waals surface area contributed by atoms with E-state index in [-0.39, 0.29) is 11.9 Å². The van der Waals surface area contributed by atoms with Crippen LogP contribution >= 0.6 is 11.6 Å². The summed E-state index contributed by atoms with van der Waals surface area (Å²) in [7, 11) is 1.84. The van der Waals surface area contributed by atoms with Crippen molar-refractivity contribution in [2.24, 2.45) is 5.73 Å². The molecule has 0 radical (unpaired) electrons. The fraction of sp³-hybridized carbons (Fsp3) is 0.500. The minimum atomic E-state index is -0.215. The first-order valence-corrected chi connectivity index (χ1v) is 5.80. The molecule has 16 heavy (non-hydrogen) atoms. The van der Waals surface area contributed by atoms with Gasteiger partial charge in [-0.15, -0.1) is 0 Å². The second-order valence-electron chi connectivity index (χ2n) is 3.90. The minimum absolute atomic E-state index is 0.0612. The van der Waals surface area contributed by atoms with E-state index in [4.69, 9.17) is 17.3 Å². The normalized spacial score (nSPS) is 12.8. The van der Waals surface area contributed by atoms with Gasteiger partial charge in [0.15, 0.2) is 0 Å². The summed E-state index contributed by atoms with van der Waals surface area (Å²) in [6.45, 7) is 2.34. The van der Waals surface area contributed by atoms with Gasteiger partial charge in [0.25, 0.3) is 0 Å². The number of benzene rings is 1. The van der Waals surface area contributed by atoms with Crippen LogP contribution in [0.25, 0.3) is 0 Å². The van der Waals surface area contributed by atoms with Crippen molar-refractivity contribution in [1.29, 1.82) is 0 Å². The van der Waals surface area contributed by atoms with E-state index in [1.165, 1.54) is 6.07 Å². The Hall–Kier alpha value is -0.640. The molecule has 4 heteroatoms. The van der Waals surface area contributed by atoms with Crippen molar-refractivity contribution in [3.8, 4) is 0 Å². The van der Waals surface area contributed by atoms with Gasteiger partial charge in [0.1, 0.15) is 5.82 Å². The van der Waals surface area contributed by atoms with Gasteiger partial charge >= 0.3 is 0 Å². The van der Waals surface area contributed by atoms with Gasteiger partial charge in [0.2, 0.25) is 0 Å². The second kappa shape index (κ2) is 6.18. The number of hydrogen-bond acceptors (Lipinski definition) is 2. The zero-order valence-electron chi connectivity index (χ0n) is 9.69. The van der Waals surface area contributed by atoms with E-state index in [0.717, 1.165) is 18.4 Å². The SMILES string of the molecule is CNC(CCCN)c1cc(F)c(C)cc1Cl. The van der Waals surface area contributed by atoms with Gasteiger partial charge in [-0.3, -0.25) is 0 Å². The van der Waals surface area contributed by atoms with Gasteiger partial charge in [-0.1, -0.05) is 11.6 Å². The van der Waals surface area contributed by atoms with Gasteiger partial charge in [-0.05, 0) is 56.6 Å². The average molecular weight is 245 g/mol. The minimum Gasteiger partial charge on any atom is -0.330 e. The van der Waals surface area contributed by atoms with Crippen LogP contribution in [0.3, 0.4) is 0 Å². The van der Waals surface area contributed by atoms with E-state index in [9.17, 15) is 4.39 Å². The van der Waals surface area contributed by atoms with Gasteiger partial charge in [-0.25, -0.2) is 4.39 Å². The number of nitrogens with one attached hydrogen (secondary N) is 1. The Morgan fingerprint density at radius 3 is 2.75 bits per heavy atom. The van der Waals surface area contributed by atoms with Crippen LogP contribution in [0.5, 0.6) is 0 Å². The predicted molar refractivity (Wildman–Crippen MR) is 66.2 cm³/mol. The molecule has 0 spiro atoms. The van der Waals surface area contributed by atoms with Crippen molar-refractivity contribution in [2.45, 2.75) is 25.8 Å². The van der Waals surface area contributed by atoms with E-state index in [0.29, 0.717) is 17.1 Å². The number of halogens is 2. The molecule has 90 valence electrons. The van der Waals surface area contributed by atoms with Crippen LogP contribution in [0.4, 0.5) is 4.39 Å². The Morgan fingerprint density at radius 1 is 1.50 bits per heavy atom. The fourth-order valence-corrected chi connectivity index (χ4v) is 2.06. The summed E-state index contributed by atoms with van der Waals surface area (Å²) in [5.41, 5.74) is 6.84. The highest BCUT2D eigenvalue weighted by molar-refractivity contribution is 6.31. The summed E-state index contributed by atoms with van der Waals surface area (Å²) in [5, 5.41) is 3.74. The Balaban J connectivity index is 2.95. The zero-order valence-corrected chi connectivity index (χ0v) is 10.4. The van der Waals surface area contributed by atoms with Gasteiger partial charge in [0.05, 0.1) is 0 Å². The van der Waals surface area contributed by atoms with E-state index in [1.807, 2.05) is 7.05 Å². The van der Waals surface area contributed by atoms with Gasteiger partial charge < -0.3 is 11.1 Å². The summed E-state index contributed by atoms with van der Waals surface area (Å²) >= 11 is 6.12. The molecule has 0 aromatic heterocycles. The molecule has 0 bridgehead atoms. The van der Waals surface area contributed by atoms with Crippen LogP contribution in [0.1, 0.15) is 30.0 Å². The molecule has 0 saturated heterocycles. The summed E-state index contributed by atoms with van der Waals surface area (Å²) < 4.78 is 13.5. The predicted octanol–water partition coefficient (Wildman–Crippen LogP) is 2.79. The third kappa shape index (κ3) is 3.17. The van der Waals surface area contributed by atoms with Crippen LogP contribution in [0.2, 0.25) is 5.02 Å². The van der Waals surface area contributed by atoms with Crippen molar-refractivity contribution >= 4 is 11.6 Å². The second-order valence-corrected chi connectivity index (χ2v) is 4.30. The third-order valence-electron chi connectivity index (χ3n) is 2.70. The van der Waals surface area contributed by atoms with Gasteiger partial charge in [-0.2, -0.15) is 0 Å². The molecule has 1 aromatic rings. The molecule has 0 aliphatic rings. The van der Waals surface area contributed by atoms with Crippen LogP contribution in [-0.2, 0) is 0 Å². The Morgan fingerprint density at radius 2 is 2.19 bits per heavy atom. The summed E-state index contributed by atoms with van der Waals surface area (Å²) in [5.74, 6) is -0.215. The topological polar surface area (TPSA) is 38.0 Å². The standard InChI is InChI=1S/C12H18ClFN2/c1-8-6-10(13)9(7-11(8)14)12(16-2)4-3-5-15/h6-7,12,16H,3-5,15H2,1-2H3. The highest BCUT2D eigenvalue weighted by atomic mass is 35.5. The molecule has 0 saturated carbocycles. The quantitative estimate of drug-likeness (QED) is 0.836. The van der Waals surface area contributed by atoms with E-state index in [2.05, 4.69) is 5.32 Å². The Bertz CT molecular complexity index is 355. The average Bonchev–Trinajstić information content (AvgIpc) is 2.26. The number of nitrogens with two attached hydrogens (primary N) is 1. The molecule has 0 fully saturated rings. The smallest absolute Gasteiger partial charge is 0.126 e. The van der Waals surface area contributed by atoms with Crippen molar-refractivity contribution in [3.63, 3.8) is 0 Å². The highest BCUT2D eigenvalue weighted by Crippen LogP contribution is 2.28. The lowest BCUT2D eigenvalue weighted by molar-refractivity contribution is 0.525. The number of aryl methyl sites for hydroxylation is 1. The molecule has 0 heterocycles. The lowest BCUT2D eigenvalue weighted by atomic mass is 10.0. The first-order chi connectivity index (χ1) is 7.60. The van der Waals surface area contributed by atoms with E-state index >= 15 is 0 Å². The maximum absolute atomic E-state index is 13.5. The van der Waals surface area contributed by atoms with Crippen molar-refractivity contribution in [1.82, 2.24) is 5.32 Å². The first kappa shape index (κ1) is 13.4. The molecule has 3 N–H and O–H groups in total. The first-order valence-electron chi connectivity index (χ1n) is 5.43. The number of rotatable bonds is 5. The molecular formula is C12H18ClFN2.